The van der Waals surface area contributed by atoms with E-state index in [0.29, 0.717) is 12.1 Å². The average molecular weight is 220 g/mol. The zero-order chi connectivity index (χ0) is 11.4. The van der Waals surface area contributed by atoms with E-state index in [2.05, 4.69) is 22.8 Å². The fourth-order valence-corrected chi connectivity index (χ4v) is 2.37. The van der Waals surface area contributed by atoms with Gasteiger partial charge in [0.15, 0.2) is 0 Å². The van der Waals surface area contributed by atoms with E-state index in [1.807, 2.05) is 19.2 Å². The van der Waals surface area contributed by atoms with Gasteiger partial charge in [0.25, 0.3) is 0 Å². The molecule has 1 saturated heterocycles. The van der Waals surface area contributed by atoms with Crippen LogP contribution in [0, 0.1) is 0 Å². The van der Waals surface area contributed by atoms with Crippen LogP contribution >= 0.6 is 0 Å². The van der Waals surface area contributed by atoms with Crippen molar-refractivity contribution in [1.82, 2.24) is 10.6 Å². The van der Waals surface area contributed by atoms with Crippen LogP contribution in [0.2, 0.25) is 0 Å². The molecule has 0 amide bonds. The van der Waals surface area contributed by atoms with E-state index in [1.54, 1.807) is 7.11 Å². The van der Waals surface area contributed by atoms with Crippen LogP contribution in [0.3, 0.4) is 0 Å². The Morgan fingerprint density at radius 3 is 2.94 bits per heavy atom. The fourth-order valence-electron chi connectivity index (χ4n) is 2.37. The second-order valence-corrected chi connectivity index (χ2v) is 4.26. The number of para-hydroxylation sites is 1. The smallest absolute Gasteiger partial charge is 0.123 e. The summed E-state index contributed by atoms with van der Waals surface area (Å²) in [6.45, 7) is 1.06. The Kier molecular flexibility index (Phi) is 3.80. The maximum atomic E-state index is 5.41. The standard InChI is InChI=1S/C13H20N2O/c1-14-10-7-8-15-12(9-10)11-5-3-4-6-13(11)16-2/h3-6,10,12,14-15H,7-9H2,1-2H3. The number of hydrogen-bond acceptors (Lipinski definition) is 3. The summed E-state index contributed by atoms with van der Waals surface area (Å²) in [7, 11) is 3.77. The molecule has 0 aliphatic carbocycles. The van der Waals surface area contributed by atoms with Gasteiger partial charge in [-0.05, 0) is 32.5 Å². The zero-order valence-corrected chi connectivity index (χ0v) is 9.99. The first-order valence-corrected chi connectivity index (χ1v) is 5.88. The molecular weight excluding hydrogens is 200 g/mol. The van der Waals surface area contributed by atoms with Gasteiger partial charge in [0.2, 0.25) is 0 Å². The molecule has 1 aliphatic heterocycles. The number of methoxy groups -OCH3 is 1. The van der Waals surface area contributed by atoms with Gasteiger partial charge in [0.05, 0.1) is 7.11 Å². The topological polar surface area (TPSA) is 33.3 Å². The molecule has 2 N–H and O–H groups in total. The third-order valence-electron chi connectivity index (χ3n) is 3.33. The van der Waals surface area contributed by atoms with Crippen LogP contribution < -0.4 is 15.4 Å². The molecule has 3 heteroatoms. The highest BCUT2D eigenvalue weighted by molar-refractivity contribution is 5.36. The van der Waals surface area contributed by atoms with Crippen molar-refractivity contribution in [3.05, 3.63) is 29.8 Å². The molecule has 1 heterocycles. The van der Waals surface area contributed by atoms with E-state index in [1.165, 1.54) is 12.0 Å². The van der Waals surface area contributed by atoms with Crippen molar-refractivity contribution in [2.45, 2.75) is 24.9 Å². The summed E-state index contributed by atoms with van der Waals surface area (Å²) < 4.78 is 5.41. The first-order valence-electron chi connectivity index (χ1n) is 5.88. The lowest BCUT2D eigenvalue weighted by atomic mass is 9.93. The average Bonchev–Trinajstić information content (AvgIpc) is 2.38. The summed E-state index contributed by atoms with van der Waals surface area (Å²) in [6.07, 6.45) is 2.32. The van der Waals surface area contributed by atoms with Crippen LogP contribution in [0.25, 0.3) is 0 Å². The zero-order valence-electron chi connectivity index (χ0n) is 9.99. The number of rotatable bonds is 3. The highest BCUT2D eigenvalue weighted by Crippen LogP contribution is 2.30. The van der Waals surface area contributed by atoms with Crippen molar-refractivity contribution >= 4 is 0 Å². The van der Waals surface area contributed by atoms with Gasteiger partial charge in [-0.25, -0.2) is 0 Å². The molecule has 1 fully saturated rings. The Hall–Kier alpha value is -1.06. The van der Waals surface area contributed by atoms with Crippen LogP contribution in [-0.4, -0.2) is 26.7 Å². The molecule has 2 rings (SSSR count). The van der Waals surface area contributed by atoms with Crippen molar-refractivity contribution in [1.29, 1.82) is 0 Å². The van der Waals surface area contributed by atoms with Crippen molar-refractivity contribution in [3.8, 4) is 5.75 Å². The fraction of sp³-hybridized carbons (Fsp3) is 0.538. The second kappa shape index (κ2) is 5.32. The maximum Gasteiger partial charge on any atom is 0.123 e. The number of piperidine rings is 1. The Balaban J connectivity index is 2.16. The summed E-state index contributed by atoms with van der Waals surface area (Å²) in [4.78, 5) is 0. The Morgan fingerprint density at radius 2 is 2.19 bits per heavy atom. The highest BCUT2D eigenvalue weighted by atomic mass is 16.5. The van der Waals surface area contributed by atoms with Gasteiger partial charge in [0, 0.05) is 17.6 Å². The predicted molar refractivity (Wildman–Crippen MR) is 65.8 cm³/mol. The molecule has 1 aromatic rings. The van der Waals surface area contributed by atoms with E-state index < -0.39 is 0 Å². The number of nitrogens with one attached hydrogen (secondary N) is 2. The molecule has 16 heavy (non-hydrogen) atoms. The molecule has 1 aromatic carbocycles. The first kappa shape index (κ1) is 11.4. The summed E-state index contributed by atoms with van der Waals surface area (Å²) in [5.41, 5.74) is 1.27. The third kappa shape index (κ3) is 2.36. The lowest BCUT2D eigenvalue weighted by molar-refractivity contribution is 0.325. The molecule has 2 unspecified atom stereocenters. The minimum absolute atomic E-state index is 0.405. The van der Waals surface area contributed by atoms with E-state index in [0.717, 1.165) is 18.7 Å². The van der Waals surface area contributed by atoms with E-state index >= 15 is 0 Å². The molecule has 0 saturated carbocycles. The molecular formula is C13H20N2O. The van der Waals surface area contributed by atoms with Crippen molar-refractivity contribution in [2.24, 2.45) is 0 Å². The summed E-state index contributed by atoms with van der Waals surface area (Å²) >= 11 is 0. The van der Waals surface area contributed by atoms with Crippen molar-refractivity contribution in [3.63, 3.8) is 0 Å². The maximum absolute atomic E-state index is 5.41. The van der Waals surface area contributed by atoms with Crippen LogP contribution in [-0.2, 0) is 0 Å². The van der Waals surface area contributed by atoms with Gasteiger partial charge >= 0.3 is 0 Å². The Labute approximate surface area is 97.2 Å². The van der Waals surface area contributed by atoms with Crippen LogP contribution in [0.15, 0.2) is 24.3 Å². The highest BCUT2D eigenvalue weighted by Gasteiger charge is 2.23. The second-order valence-electron chi connectivity index (χ2n) is 4.26. The van der Waals surface area contributed by atoms with Gasteiger partial charge in [-0.2, -0.15) is 0 Å². The lowest BCUT2D eigenvalue weighted by Gasteiger charge is -2.31. The quantitative estimate of drug-likeness (QED) is 0.813. The van der Waals surface area contributed by atoms with Crippen LogP contribution in [0.5, 0.6) is 5.75 Å². The summed E-state index contributed by atoms with van der Waals surface area (Å²) in [6, 6.07) is 9.27. The Bertz CT molecular complexity index is 340. The van der Waals surface area contributed by atoms with Gasteiger partial charge in [-0.1, -0.05) is 18.2 Å². The van der Waals surface area contributed by atoms with Gasteiger partial charge in [0.1, 0.15) is 5.75 Å². The number of ether oxygens (including phenoxy) is 1. The monoisotopic (exact) mass is 220 g/mol. The van der Waals surface area contributed by atoms with E-state index in [-0.39, 0.29) is 0 Å². The van der Waals surface area contributed by atoms with Crippen molar-refractivity contribution in [2.75, 3.05) is 20.7 Å². The van der Waals surface area contributed by atoms with Gasteiger partial charge in [-0.15, -0.1) is 0 Å². The number of hydrogen-bond donors (Lipinski definition) is 2. The molecule has 0 bridgehead atoms. The van der Waals surface area contributed by atoms with Gasteiger partial charge in [-0.3, -0.25) is 0 Å². The molecule has 0 radical (unpaired) electrons. The largest absolute Gasteiger partial charge is 0.496 e. The molecule has 2 atom stereocenters. The van der Waals surface area contributed by atoms with Gasteiger partial charge < -0.3 is 15.4 Å². The van der Waals surface area contributed by atoms with Crippen LogP contribution in [0.4, 0.5) is 0 Å². The minimum atomic E-state index is 0.405. The van der Waals surface area contributed by atoms with E-state index in [9.17, 15) is 0 Å². The van der Waals surface area contributed by atoms with E-state index in [4.69, 9.17) is 4.74 Å². The minimum Gasteiger partial charge on any atom is -0.496 e. The number of benzene rings is 1. The summed E-state index contributed by atoms with van der Waals surface area (Å²) in [5.74, 6) is 0.983. The molecule has 0 aromatic heterocycles. The Morgan fingerprint density at radius 1 is 1.38 bits per heavy atom. The predicted octanol–water partition coefficient (Wildman–Crippen LogP) is 1.71. The molecule has 0 spiro atoms. The molecule has 88 valence electrons. The summed E-state index contributed by atoms with van der Waals surface area (Å²) in [5, 5.41) is 6.91. The SMILES string of the molecule is CNC1CCNC(c2ccccc2OC)C1. The molecule has 1 aliphatic rings. The first-order chi connectivity index (χ1) is 7.85. The normalized spacial score (nSPS) is 25.4. The molecule has 3 nitrogen and oxygen atoms in total. The third-order valence-corrected chi connectivity index (χ3v) is 3.33. The van der Waals surface area contributed by atoms with Crippen molar-refractivity contribution < 1.29 is 4.74 Å². The lowest BCUT2D eigenvalue weighted by Crippen LogP contribution is -2.40. The van der Waals surface area contributed by atoms with Crippen LogP contribution in [0.1, 0.15) is 24.4 Å².